The zero-order chi connectivity index (χ0) is 20.3. The lowest BCUT2D eigenvalue weighted by Gasteiger charge is -2.40. The predicted molar refractivity (Wildman–Crippen MR) is 115 cm³/mol. The number of anilines is 1. The third kappa shape index (κ3) is 3.85. The number of aromatic nitrogens is 3. The summed E-state index contributed by atoms with van der Waals surface area (Å²) in [6.45, 7) is 3.95. The van der Waals surface area contributed by atoms with Crippen molar-refractivity contribution < 1.29 is 9.53 Å². The minimum atomic E-state index is 0.0991. The van der Waals surface area contributed by atoms with Gasteiger partial charge in [-0.3, -0.25) is 4.90 Å². The first-order valence-electron chi connectivity index (χ1n) is 10.5. The van der Waals surface area contributed by atoms with Gasteiger partial charge in [-0.15, -0.1) is 0 Å². The van der Waals surface area contributed by atoms with E-state index in [-0.39, 0.29) is 6.10 Å². The minimum Gasteiger partial charge on any atom is -0.470 e. The predicted octanol–water partition coefficient (Wildman–Crippen LogP) is 2.67. The van der Waals surface area contributed by atoms with Gasteiger partial charge in [0.1, 0.15) is 24.5 Å². The van der Waals surface area contributed by atoms with Crippen LogP contribution in [0.4, 0.5) is 5.82 Å². The Morgan fingerprint density at radius 1 is 1.10 bits per heavy atom. The van der Waals surface area contributed by atoms with E-state index in [2.05, 4.69) is 38.0 Å². The highest BCUT2D eigenvalue weighted by molar-refractivity contribution is 5.80. The molecule has 7 heteroatoms. The number of hydrogen-bond acceptors (Lipinski definition) is 7. The zero-order valence-corrected chi connectivity index (χ0v) is 16.9. The molecule has 2 saturated heterocycles. The van der Waals surface area contributed by atoms with Crippen LogP contribution in [0.3, 0.4) is 0 Å². The van der Waals surface area contributed by atoms with Crippen LogP contribution in [0.5, 0.6) is 5.88 Å². The van der Waals surface area contributed by atoms with E-state index in [1.54, 1.807) is 6.33 Å². The van der Waals surface area contributed by atoms with Gasteiger partial charge in [0, 0.05) is 17.1 Å². The molecule has 4 heterocycles. The summed E-state index contributed by atoms with van der Waals surface area (Å²) in [5, 5.41) is 1.15. The molecule has 0 bridgehead atoms. The number of para-hydroxylation sites is 1. The summed E-state index contributed by atoms with van der Waals surface area (Å²) in [6, 6.07) is 12.4. The van der Waals surface area contributed by atoms with Gasteiger partial charge in [0.2, 0.25) is 5.88 Å². The van der Waals surface area contributed by atoms with Gasteiger partial charge in [-0.05, 0) is 50.0 Å². The summed E-state index contributed by atoms with van der Waals surface area (Å²) in [4.78, 5) is 28.6. The summed E-state index contributed by atoms with van der Waals surface area (Å²) in [5.74, 6) is 2.07. The van der Waals surface area contributed by atoms with Gasteiger partial charge in [0.15, 0.2) is 0 Å². The summed E-state index contributed by atoms with van der Waals surface area (Å²) in [6.07, 6.45) is 6.52. The molecule has 2 fully saturated rings. The molecular formula is C23H25N5O2. The van der Waals surface area contributed by atoms with E-state index < -0.39 is 0 Å². The normalized spacial score (nSPS) is 18.3. The molecule has 0 amide bonds. The molecule has 5 rings (SSSR count). The number of fused-ring (bicyclic) bond motifs is 1. The summed E-state index contributed by atoms with van der Waals surface area (Å²) < 4.78 is 6.26. The van der Waals surface area contributed by atoms with Gasteiger partial charge in [0.25, 0.3) is 0 Å². The van der Waals surface area contributed by atoms with Crippen LogP contribution in [-0.2, 0) is 4.79 Å². The molecule has 30 heavy (non-hydrogen) atoms. The Morgan fingerprint density at radius 2 is 1.93 bits per heavy atom. The van der Waals surface area contributed by atoms with E-state index >= 15 is 0 Å². The first-order valence-corrected chi connectivity index (χ1v) is 10.5. The van der Waals surface area contributed by atoms with Crippen molar-refractivity contribution in [2.75, 3.05) is 37.6 Å². The van der Waals surface area contributed by atoms with Crippen molar-refractivity contribution in [1.29, 1.82) is 0 Å². The Hall–Kier alpha value is -3.06. The second-order valence-corrected chi connectivity index (χ2v) is 8.03. The number of carbonyl (C=O) groups is 1. The van der Waals surface area contributed by atoms with Crippen LogP contribution in [0.15, 0.2) is 48.9 Å². The van der Waals surface area contributed by atoms with Crippen LogP contribution in [0.2, 0.25) is 0 Å². The van der Waals surface area contributed by atoms with Crippen molar-refractivity contribution in [2.45, 2.75) is 24.9 Å². The molecule has 0 aliphatic carbocycles. The summed E-state index contributed by atoms with van der Waals surface area (Å²) in [5.41, 5.74) is 2.10. The lowest BCUT2D eigenvalue weighted by molar-refractivity contribution is -0.109. The maximum Gasteiger partial charge on any atom is 0.220 e. The lowest BCUT2D eigenvalue weighted by atomic mass is 9.91. The van der Waals surface area contributed by atoms with E-state index in [9.17, 15) is 4.79 Å². The van der Waals surface area contributed by atoms with Crippen molar-refractivity contribution in [3.05, 3.63) is 54.5 Å². The van der Waals surface area contributed by atoms with E-state index in [0.29, 0.717) is 18.3 Å². The van der Waals surface area contributed by atoms with Crippen LogP contribution in [0.1, 0.15) is 24.3 Å². The Labute approximate surface area is 175 Å². The number of aldehydes is 1. The Balaban J connectivity index is 1.22. The summed E-state index contributed by atoms with van der Waals surface area (Å²) in [7, 11) is 0. The molecule has 154 valence electrons. The average molecular weight is 403 g/mol. The van der Waals surface area contributed by atoms with Gasteiger partial charge in [-0.25, -0.2) is 15.0 Å². The van der Waals surface area contributed by atoms with E-state index in [1.165, 1.54) is 0 Å². The fourth-order valence-electron chi connectivity index (χ4n) is 4.33. The van der Waals surface area contributed by atoms with Gasteiger partial charge in [0.05, 0.1) is 25.2 Å². The smallest absolute Gasteiger partial charge is 0.220 e. The van der Waals surface area contributed by atoms with E-state index in [1.807, 2.05) is 24.4 Å². The van der Waals surface area contributed by atoms with Crippen molar-refractivity contribution >= 4 is 23.0 Å². The quantitative estimate of drug-likeness (QED) is 0.586. The van der Waals surface area contributed by atoms with Crippen molar-refractivity contribution in [1.82, 2.24) is 19.9 Å². The van der Waals surface area contributed by atoms with Crippen molar-refractivity contribution in [3.8, 4) is 5.88 Å². The number of nitrogens with zero attached hydrogens (tertiary/aromatic N) is 5. The third-order valence-corrected chi connectivity index (χ3v) is 6.10. The van der Waals surface area contributed by atoms with Crippen molar-refractivity contribution in [2.24, 2.45) is 0 Å². The maximum atomic E-state index is 10.7. The number of benzene rings is 1. The molecule has 3 aromatic rings. The van der Waals surface area contributed by atoms with Gasteiger partial charge < -0.3 is 14.4 Å². The molecule has 0 spiro atoms. The molecule has 2 aromatic heterocycles. The monoisotopic (exact) mass is 403 g/mol. The van der Waals surface area contributed by atoms with Gasteiger partial charge in [-0.1, -0.05) is 18.2 Å². The molecule has 0 unspecified atom stereocenters. The van der Waals surface area contributed by atoms with Gasteiger partial charge >= 0.3 is 0 Å². The Kier molecular flexibility index (Phi) is 5.27. The maximum absolute atomic E-state index is 10.7. The molecule has 0 radical (unpaired) electrons. The van der Waals surface area contributed by atoms with Crippen LogP contribution >= 0.6 is 0 Å². The summed E-state index contributed by atoms with van der Waals surface area (Å²) >= 11 is 0. The molecule has 0 saturated carbocycles. The number of pyridine rings is 1. The largest absolute Gasteiger partial charge is 0.470 e. The molecule has 2 aliphatic rings. The van der Waals surface area contributed by atoms with E-state index in [4.69, 9.17) is 9.72 Å². The fraction of sp³-hybridized carbons (Fsp3) is 0.391. The second-order valence-electron chi connectivity index (χ2n) is 8.03. The van der Waals surface area contributed by atoms with Crippen LogP contribution in [0.25, 0.3) is 10.9 Å². The molecule has 1 aromatic carbocycles. The molecule has 0 atom stereocenters. The fourth-order valence-corrected chi connectivity index (χ4v) is 4.33. The number of carbonyl (C=O) groups excluding carboxylic acids is 1. The SMILES string of the molecule is O=CCN1CCC(c2cncnc2OC2CN(c3ccc4ccccc4n3)C2)CC1. The standard InChI is InChI=1S/C23H25N5O2/c29-12-11-27-9-7-17(8-10-27)20-13-24-16-25-23(20)30-19-14-28(15-19)22-6-5-18-3-1-2-4-21(18)26-22/h1-6,12-13,16-17,19H,7-11,14-15H2. The minimum absolute atomic E-state index is 0.0991. The van der Waals surface area contributed by atoms with Crippen LogP contribution < -0.4 is 9.64 Å². The first-order chi connectivity index (χ1) is 14.8. The average Bonchev–Trinajstić information content (AvgIpc) is 2.77. The number of likely N-dealkylation sites (tertiary alicyclic amines) is 1. The number of hydrogen-bond donors (Lipinski definition) is 0. The highest BCUT2D eigenvalue weighted by atomic mass is 16.5. The number of ether oxygens (including phenoxy) is 1. The zero-order valence-electron chi connectivity index (χ0n) is 16.9. The van der Waals surface area contributed by atoms with Crippen LogP contribution in [-0.4, -0.2) is 65.0 Å². The molecule has 2 aliphatic heterocycles. The van der Waals surface area contributed by atoms with Gasteiger partial charge in [-0.2, -0.15) is 0 Å². The highest BCUT2D eigenvalue weighted by Gasteiger charge is 2.32. The molecular weight excluding hydrogens is 378 g/mol. The van der Waals surface area contributed by atoms with Crippen LogP contribution in [0, 0.1) is 0 Å². The number of rotatable bonds is 6. The number of piperidine rings is 1. The molecule has 7 nitrogen and oxygen atoms in total. The third-order valence-electron chi connectivity index (χ3n) is 6.10. The molecule has 0 N–H and O–H groups in total. The second kappa shape index (κ2) is 8.36. The Morgan fingerprint density at radius 3 is 2.77 bits per heavy atom. The Bertz CT molecular complexity index is 1030. The topological polar surface area (TPSA) is 71.5 Å². The van der Waals surface area contributed by atoms with Crippen molar-refractivity contribution in [3.63, 3.8) is 0 Å². The lowest BCUT2D eigenvalue weighted by Crippen LogP contribution is -2.54. The first kappa shape index (κ1) is 18.9. The highest BCUT2D eigenvalue weighted by Crippen LogP contribution is 2.34. The van der Waals surface area contributed by atoms with E-state index in [0.717, 1.165) is 67.6 Å².